The number of hydrogen-bond acceptors (Lipinski definition) is 3. The lowest BCUT2D eigenvalue weighted by Gasteiger charge is -2.29. The van der Waals surface area contributed by atoms with E-state index in [-0.39, 0.29) is 12.5 Å². The minimum absolute atomic E-state index is 0.112. The molecule has 0 amide bonds. The first-order valence-electron chi connectivity index (χ1n) is 5.27. The van der Waals surface area contributed by atoms with Crippen molar-refractivity contribution in [3.63, 3.8) is 0 Å². The molecule has 0 bridgehead atoms. The maximum Gasteiger partial charge on any atom is 0.304 e. The summed E-state index contributed by atoms with van der Waals surface area (Å²) in [6.45, 7) is 4.38. The number of nitrogens with one attached hydrogen (secondary N) is 1. The highest BCUT2D eigenvalue weighted by Crippen LogP contribution is 2.20. The molecule has 1 atom stereocenters. The number of aliphatic carboxylic acids is 1. The van der Waals surface area contributed by atoms with E-state index in [0.29, 0.717) is 5.92 Å². The Morgan fingerprint density at radius 1 is 1.57 bits per heavy atom. The number of carboxylic acids is 1. The summed E-state index contributed by atoms with van der Waals surface area (Å²) in [4.78, 5) is 10.7. The van der Waals surface area contributed by atoms with Gasteiger partial charge in [-0.2, -0.15) is 0 Å². The van der Waals surface area contributed by atoms with Crippen molar-refractivity contribution in [3.05, 3.63) is 0 Å². The van der Waals surface area contributed by atoms with Gasteiger partial charge in [-0.25, -0.2) is 0 Å². The summed E-state index contributed by atoms with van der Waals surface area (Å²) in [6.07, 6.45) is 2.17. The molecule has 4 heteroatoms. The summed E-state index contributed by atoms with van der Waals surface area (Å²) >= 11 is 0. The van der Waals surface area contributed by atoms with E-state index < -0.39 is 5.97 Å². The van der Waals surface area contributed by atoms with Crippen LogP contribution >= 0.6 is 0 Å². The first-order chi connectivity index (χ1) is 6.74. The highest BCUT2D eigenvalue weighted by molar-refractivity contribution is 5.67. The van der Waals surface area contributed by atoms with Crippen LogP contribution in [0, 0.1) is 5.92 Å². The predicted molar refractivity (Wildman–Crippen MR) is 53.3 cm³/mol. The molecule has 1 saturated heterocycles. The third-order valence-corrected chi connectivity index (χ3v) is 2.70. The molecule has 0 saturated carbocycles. The number of hydrogen-bond donors (Lipinski definition) is 2. The SMILES string of the molecule is CCNC(CC(=O)O)C1CCOCC1. The second-order valence-electron chi connectivity index (χ2n) is 3.71. The Morgan fingerprint density at radius 2 is 2.21 bits per heavy atom. The van der Waals surface area contributed by atoms with Crippen LogP contribution in [0.3, 0.4) is 0 Å². The van der Waals surface area contributed by atoms with Gasteiger partial charge >= 0.3 is 5.97 Å². The maximum absolute atomic E-state index is 10.7. The molecule has 0 spiro atoms. The van der Waals surface area contributed by atoms with E-state index in [1.807, 2.05) is 6.92 Å². The normalized spacial score (nSPS) is 20.6. The zero-order valence-electron chi connectivity index (χ0n) is 8.66. The monoisotopic (exact) mass is 201 g/mol. The molecular weight excluding hydrogens is 182 g/mol. The van der Waals surface area contributed by atoms with E-state index in [0.717, 1.165) is 32.6 Å². The molecule has 1 rings (SSSR count). The smallest absolute Gasteiger partial charge is 0.304 e. The Balaban J connectivity index is 2.42. The van der Waals surface area contributed by atoms with E-state index in [1.54, 1.807) is 0 Å². The predicted octanol–water partition coefficient (Wildman–Crippen LogP) is 0.866. The number of ether oxygens (including phenoxy) is 1. The van der Waals surface area contributed by atoms with Crippen molar-refractivity contribution in [2.75, 3.05) is 19.8 Å². The van der Waals surface area contributed by atoms with Crippen LogP contribution < -0.4 is 5.32 Å². The van der Waals surface area contributed by atoms with Crippen LogP contribution in [-0.2, 0) is 9.53 Å². The van der Waals surface area contributed by atoms with Crippen LogP contribution in [0.5, 0.6) is 0 Å². The van der Waals surface area contributed by atoms with Gasteiger partial charge in [-0.05, 0) is 25.3 Å². The Hall–Kier alpha value is -0.610. The van der Waals surface area contributed by atoms with Gasteiger partial charge in [0.1, 0.15) is 0 Å². The second-order valence-corrected chi connectivity index (χ2v) is 3.71. The number of rotatable bonds is 5. The largest absolute Gasteiger partial charge is 0.481 e. The van der Waals surface area contributed by atoms with Crippen LogP contribution in [0.2, 0.25) is 0 Å². The highest BCUT2D eigenvalue weighted by Gasteiger charge is 2.24. The molecule has 1 heterocycles. The third kappa shape index (κ3) is 3.64. The average Bonchev–Trinajstić information content (AvgIpc) is 2.18. The van der Waals surface area contributed by atoms with Crippen LogP contribution in [0.1, 0.15) is 26.2 Å². The van der Waals surface area contributed by atoms with Crippen molar-refractivity contribution in [2.45, 2.75) is 32.2 Å². The van der Waals surface area contributed by atoms with Crippen molar-refractivity contribution in [1.82, 2.24) is 5.32 Å². The van der Waals surface area contributed by atoms with Crippen LogP contribution in [0.4, 0.5) is 0 Å². The molecule has 1 aliphatic rings. The summed E-state index contributed by atoms with van der Waals surface area (Å²) < 4.78 is 5.26. The lowest BCUT2D eigenvalue weighted by atomic mass is 9.90. The van der Waals surface area contributed by atoms with Crippen LogP contribution in [-0.4, -0.2) is 36.9 Å². The summed E-state index contributed by atoms with van der Waals surface area (Å²) in [5.74, 6) is -0.262. The molecule has 82 valence electrons. The van der Waals surface area contributed by atoms with Crippen molar-refractivity contribution in [1.29, 1.82) is 0 Å². The van der Waals surface area contributed by atoms with Crippen molar-refractivity contribution in [3.8, 4) is 0 Å². The van der Waals surface area contributed by atoms with Gasteiger partial charge in [-0.3, -0.25) is 4.79 Å². The first kappa shape index (κ1) is 11.5. The van der Waals surface area contributed by atoms with Crippen molar-refractivity contribution >= 4 is 5.97 Å². The van der Waals surface area contributed by atoms with Crippen molar-refractivity contribution in [2.24, 2.45) is 5.92 Å². The van der Waals surface area contributed by atoms with Gasteiger partial charge in [0.05, 0.1) is 6.42 Å². The Morgan fingerprint density at radius 3 is 2.71 bits per heavy atom. The Kier molecular flexibility index (Phi) is 4.90. The van der Waals surface area contributed by atoms with Gasteiger partial charge in [0.2, 0.25) is 0 Å². The molecule has 0 aliphatic carbocycles. The average molecular weight is 201 g/mol. The van der Waals surface area contributed by atoms with Gasteiger partial charge in [0.15, 0.2) is 0 Å². The summed E-state index contributed by atoms with van der Waals surface area (Å²) in [6, 6.07) is 0.112. The minimum Gasteiger partial charge on any atom is -0.481 e. The zero-order valence-corrected chi connectivity index (χ0v) is 8.66. The molecular formula is C10H19NO3. The molecule has 1 fully saturated rings. The molecule has 0 aromatic carbocycles. The fourth-order valence-corrected chi connectivity index (χ4v) is 1.97. The molecule has 0 radical (unpaired) electrons. The molecule has 1 unspecified atom stereocenters. The fraction of sp³-hybridized carbons (Fsp3) is 0.900. The maximum atomic E-state index is 10.7. The number of carbonyl (C=O) groups is 1. The fourth-order valence-electron chi connectivity index (χ4n) is 1.97. The lowest BCUT2D eigenvalue weighted by molar-refractivity contribution is -0.138. The summed E-state index contributed by atoms with van der Waals surface area (Å²) in [5, 5.41) is 12.0. The van der Waals surface area contributed by atoms with Gasteiger partial charge in [-0.1, -0.05) is 6.92 Å². The van der Waals surface area contributed by atoms with Crippen molar-refractivity contribution < 1.29 is 14.6 Å². The summed E-state index contributed by atoms with van der Waals surface area (Å²) in [7, 11) is 0. The quantitative estimate of drug-likeness (QED) is 0.693. The first-order valence-corrected chi connectivity index (χ1v) is 5.27. The van der Waals surface area contributed by atoms with Crippen LogP contribution in [0.15, 0.2) is 0 Å². The Bertz CT molecular complexity index is 178. The molecule has 1 aliphatic heterocycles. The minimum atomic E-state index is -0.720. The van der Waals surface area contributed by atoms with E-state index in [4.69, 9.17) is 9.84 Å². The molecule has 14 heavy (non-hydrogen) atoms. The standard InChI is InChI=1S/C10H19NO3/c1-2-11-9(7-10(12)13)8-3-5-14-6-4-8/h8-9,11H,2-7H2,1H3,(H,12,13). The van der Waals surface area contributed by atoms with Gasteiger partial charge < -0.3 is 15.2 Å². The second kappa shape index (κ2) is 5.98. The molecule has 2 N–H and O–H groups in total. The zero-order chi connectivity index (χ0) is 10.4. The van der Waals surface area contributed by atoms with Gasteiger partial charge in [-0.15, -0.1) is 0 Å². The molecule has 0 aromatic heterocycles. The van der Waals surface area contributed by atoms with E-state index in [2.05, 4.69) is 5.32 Å². The lowest BCUT2D eigenvalue weighted by Crippen LogP contribution is -2.40. The van der Waals surface area contributed by atoms with E-state index >= 15 is 0 Å². The topological polar surface area (TPSA) is 58.6 Å². The molecule has 4 nitrogen and oxygen atoms in total. The van der Waals surface area contributed by atoms with E-state index in [1.165, 1.54) is 0 Å². The van der Waals surface area contributed by atoms with Crippen LogP contribution in [0.25, 0.3) is 0 Å². The summed E-state index contributed by atoms with van der Waals surface area (Å²) in [5.41, 5.74) is 0. The van der Waals surface area contributed by atoms with Gasteiger partial charge in [0, 0.05) is 19.3 Å². The number of carboxylic acid groups (broad SMARTS) is 1. The molecule has 0 aromatic rings. The van der Waals surface area contributed by atoms with Gasteiger partial charge in [0.25, 0.3) is 0 Å². The third-order valence-electron chi connectivity index (χ3n) is 2.70. The Labute approximate surface area is 84.6 Å². The van der Waals surface area contributed by atoms with E-state index in [9.17, 15) is 4.79 Å². The highest BCUT2D eigenvalue weighted by atomic mass is 16.5.